The largest absolute Gasteiger partial charge is 0.494 e. The van der Waals surface area contributed by atoms with Crippen molar-refractivity contribution in [2.75, 3.05) is 0 Å². The third-order valence-electron chi connectivity index (χ3n) is 4.77. The molecule has 8 nitrogen and oxygen atoms in total. The second-order valence-corrected chi connectivity index (χ2v) is 6.42. The number of imidazole rings is 1. The van der Waals surface area contributed by atoms with Gasteiger partial charge in [-0.05, 0) is 31.0 Å². The highest BCUT2D eigenvalue weighted by molar-refractivity contribution is 5.80. The highest BCUT2D eigenvalue weighted by Gasteiger charge is 2.24. The predicted octanol–water partition coefficient (Wildman–Crippen LogP) is 0.767. The van der Waals surface area contributed by atoms with Gasteiger partial charge in [0.25, 0.3) is 5.56 Å². The number of aromatic nitrogens is 4. The number of benzene rings is 1. The fourth-order valence-electron chi connectivity index (χ4n) is 2.98. The average molecular weight is 356 g/mol. The van der Waals surface area contributed by atoms with Gasteiger partial charge in [0.05, 0.1) is 11.4 Å². The summed E-state index contributed by atoms with van der Waals surface area (Å²) in [5, 5.41) is 10.4. The van der Waals surface area contributed by atoms with E-state index in [0.717, 1.165) is 25.8 Å². The molecule has 26 heavy (non-hydrogen) atoms. The van der Waals surface area contributed by atoms with Crippen LogP contribution >= 0.6 is 0 Å². The van der Waals surface area contributed by atoms with E-state index in [1.165, 1.54) is 18.7 Å². The smallest absolute Gasteiger partial charge is 0.333 e. The molecular weight excluding hydrogens is 336 g/mol. The van der Waals surface area contributed by atoms with E-state index in [9.17, 15) is 19.5 Å². The molecule has 0 fully saturated rings. The maximum absolute atomic E-state index is 12.6. The minimum absolute atomic E-state index is 0.125. The van der Waals surface area contributed by atoms with Crippen molar-refractivity contribution in [2.24, 2.45) is 21.1 Å². The van der Waals surface area contributed by atoms with Gasteiger partial charge in [-0.1, -0.05) is 12.1 Å². The zero-order valence-corrected chi connectivity index (χ0v) is 15.2. The van der Waals surface area contributed by atoms with Gasteiger partial charge in [0, 0.05) is 26.7 Å². The molecule has 2 aromatic heterocycles. The second kappa shape index (κ2) is 5.91. The van der Waals surface area contributed by atoms with Crippen molar-refractivity contribution in [3.63, 3.8) is 0 Å². The number of aromatic hydroxyl groups is 1. The Balaban J connectivity index is 2.45. The minimum Gasteiger partial charge on any atom is -0.494 e. The lowest BCUT2D eigenvalue weighted by Crippen LogP contribution is -2.37. The molecule has 8 heteroatoms. The van der Waals surface area contributed by atoms with Crippen LogP contribution in [0.5, 0.6) is 5.88 Å². The summed E-state index contributed by atoms with van der Waals surface area (Å²) in [5.41, 5.74) is 1.60. The van der Waals surface area contributed by atoms with Crippen molar-refractivity contribution in [1.29, 1.82) is 0 Å². The van der Waals surface area contributed by atoms with E-state index in [0.29, 0.717) is 5.69 Å². The Morgan fingerprint density at radius 1 is 0.923 bits per heavy atom. The number of aromatic amines is 1. The van der Waals surface area contributed by atoms with Gasteiger partial charge in [0.15, 0.2) is 0 Å². The van der Waals surface area contributed by atoms with Crippen LogP contribution in [0.4, 0.5) is 0 Å². The van der Waals surface area contributed by atoms with Gasteiger partial charge in [-0.25, -0.2) is 9.59 Å². The molecule has 0 unspecified atom stereocenters. The summed E-state index contributed by atoms with van der Waals surface area (Å²) in [4.78, 5) is 39.5. The van der Waals surface area contributed by atoms with Gasteiger partial charge in [-0.3, -0.25) is 18.5 Å². The van der Waals surface area contributed by atoms with Crippen LogP contribution in [0.3, 0.4) is 0 Å². The van der Waals surface area contributed by atoms with Gasteiger partial charge in [-0.15, -0.1) is 0 Å². The van der Waals surface area contributed by atoms with Gasteiger partial charge < -0.3 is 10.1 Å². The van der Waals surface area contributed by atoms with E-state index in [1.807, 2.05) is 32.0 Å². The van der Waals surface area contributed by atoms with Gasteiger partial charge >= 0.3 is 11.4 Å². The Labute approximate surface area is 148 Å². The highest BCUT2D eigenvalue weighted by Crippen LogP contribution is 2.32. The molecule has 136 valence electrons. The van der Waals surface area contributed by atoms with Gasteiger partial charge in [0.1, 0.15) is 5.56 Å². The Morgan fingerprint density at radius 3 is 2.19 bits per heavy atom. The summed E-state index contributed by atoms with van der Waals surface area (Å²) >= 11 is 0. The number of aryl methyl sites for hydroxylation is 2. The Kier molecular flexibility index (Phi) is 3.98. The molecule has 0 aliphatic heterocycles. The first kappa shape index (κ1) is 17.5. The van der Waals surface area contributed by atoms with E-state index in [2.05, 4.69) is 4.98 Å². The molecular formula is C18H20N4O4. The molecule has 0 amide bonds. The van der Waals surface area contributed by atoms with Crippen LogP contribution in [0.15, 0.2) is 32.6 Å². The monoisotopic (exact) mass is 356 g/mol. The number of hydrogen-bond acceptors (Lipinski definition) is 4. The number of hydrogen-bond donors (Lipinski definition) is 2. The molecule has 0 spiro atoms. The molecule has 0 bridgehead atoms. The van der Waals surface area contributed by atoms with Crippen LogP contribution in [-0.4, -0.2) is 23.8 Å². The summed E-state index contributed by atoms with van der Waals surface area (Å²) in [5.74, 6) is -0.495. The van der Waals surface area contributed by atoms with E-state index in [-0.39, 0.29) is 11.3 Å². The number of nitrogens with one attached hydrogen (secondary N) is 1. The molecule has 0 aliphatic carbocycles. The zero-order valence-electron chi connectivity index (χ0n) is 15.2. The van der Waals surface area contributed by atoms with Crippen molar-refractivity contribution >= 4 is 0 Å². The van der Waals surface area contributed by atoms with E-state index < -0.39 is 22.8 Å². The fourth-order valence-corrected chi connectivity index (χ4v) is 2.98. The summed E-state index contributed by atoms with van der Waals surface area (Å²) in [6.07, 6.45) is 0. The average Bonchev–Trinajstić information content (AvgIpc) is 2.89. The Hall–Kier alpha value is -3.29. The summed E-state index contributed by atoms with van der Waals surface area (Å²) < 4.78 is 3.24. The summed E-state index contributed by atoms with van der Waals surface area (Å²) in [6, 6.07) is 5.67. The first-order valence-electron chi connectivity index (χ1n) is 8.01. The van der Waals surface area contributed by atoms with Crippen LogP contribution in [0.2, 0.25) is 0 Å². The topological polar surface area (TPSA) is 102 Å². The summed E-state index contributed by atoms with van der Waals surface area (Å²) in [7, 11) is 4.26. The van der Waals surface area contributed by atoms with Crippen molar-refractivity contribution < 1.29 is 5.11 Å². The second-order valence-electron chi connectivity index (χ2n) is 6.42. The highest BCUT2D eigenvalue weighted by atomic mass is 16.3. The van der Waals surface area contributed by atoms with Crippen LogP contribution in [0.25, 0.3) is 22.5 Å². The van der Waals surface area contributed by atoms with Crippen LogP contribution in [0, 0.1) is 13.8 Å². The van der Waals surface area contributed by atoms with Gasteiger partial charge in [-0.2, -0.15) is 0 Å². The van der Waals surface area contributed by atoms with E-state index in [1.54, 1.807) is 7.05 Å². The van der Waals surface area contributed by atoms with Crippen molar-refractivity contribution in [1.82, 2.24) is 18.7 Å². The predicted molar refractivity (Wildman–Crippen MR) is 98.5 cm³/mol. The number of rotatable bonds is 2. The van der Waals surface area contributed by atoms with Crippen LogP contribution in [0.1, 0.15) is 11.1 Å². The van der Waals surface area contributed by atoms with Crippen molar-refractivity contribution in [3.8, 4) is 28.4 Å². The lowest BCUT2D eigenvalue weighted by molar-refractivity contribution is 0.414. The van der Waals surface area contributed by atoms with Gasteiger partial charge in [0.2, 0.25) is 5.88 Å². The van der Waals surface area contributed by atoms with E-state index in [4.69, 9.17) is 0 Å². The zero-order chi connectivity index (χ0) is 19.3. The number of H-pyrrole nitrogens is 1. The first-order chi connectivity index (χ1) is 12.1. The normalized spacial score (nSPS) is 11.1. The standard InChI is InChI=1S/C18H20N4O4/c1-9-6-7-11(8-10(9)2)14-13(19-17(25)20(14)3)12-15(23)21(4)18(26)22(5)16(12)24/h6-8,23H,1-5H3,(H,19,25). The fraction of sp³-hybridized carbons (Fsp3) is 0.278. The molecule has 2 heterocycles. The van der Waals surface area contributed by atoms with Crippen molar-refractivity contribution in [3.05, 3.63) is 60.6 Å². The molecule has 0 saturated carbocycles. The Morgan fingerprint density at radius 2 is 1.58 bits per heavy atom. The maximum Gasteiger partial charge on any atom is 0.333 e. The van der Waals surface area contributed by atoms with E-state index >= 15 is 0 Å². The summed E-state index contributed by atoms with van der Waals surface area (Å²) in [6.45, 7) is 3.93. The number of nitrogens with zero attached hydrogens (tertiary/aromatic N) is 3. The SMILES string of the molecule is Cc1ccc(-c2c(-c3c(O)n(C)c(=O)n(C)c3=O)[nH]c(=O)n2C)cc1C. The van der Waals surface area contributed by atoms with Crippen LogP contribution in [-0.2, 0) is 21.1 Å². The third-order valence-corrected chi connectivity index (χ3v) is 4.77. The van der Waals surface area contributed by atoms with Crippen molar-refractivity contribution in [2.45, 2.75) is 13.8 Å². The lowest BCUT2D eigenvalue weighted by Gasteiger charge is -2.12. The molecule has 0 aliphatic rings. The quantitative estimate of drug-likeness (QED) is 0.708. The molecule has 3 rings (SSSR count). The first-order valence-corrected chi connectivity index (χ1v) is 8.01. The molecule has 2 N–H and O–H groups in total. The minimum atomic E-state index is -0.683. The van der Waals surface area contributed by atoms with Crippen LogP contribution < -0.4 is 16.9 Å². The third kappa shape index (κ3) is 2.42. The Bertz CT molecular complexity index is 1210. The molecule has 0 saturated heterocycles. The molecule has 0 atom stereocenters. The maximum atomic E-state index is 12.6. The molecule has 3 aromatic rings. The lowest BCUT2D eigenvalue weighted by atomic mass is 10.0. The molecule has 0 radical (unpaired) electrons. The molecule has 1 aromatic carbocycles.